The largest absolute Gasteiger partial charge is 0.489 e. The molecule has 0 radical (unpaired) electrons. The molecule has 2 unspecified atom stereocenters. The number of likely N-dealkylation sites (tertiary alicyclic amines) is 1. The summed E-state index contributed by atoms with van der Waals surface area (Å²) in [7, 11) is 0. The van der Waals surface area contributed by atoms with Crippen molar-refractivity contribution in [2.24, 2.45) is 0 Å². The van der Waals surface area contributed by atoms with Crippen LogP contribution in [0.5, 0.6) is 5.75 Å². The molecule has 0 N–H and O–H groups in total. The van der Waals surface area contributed by atoms with Crippen LogP contribution in [0, 0.1) is 0 Å². The number of benzene rings is 1. The second-order valence-electron chi connectivity index (χ2n) is 5.30. The summed E-state index contributed by atoms with van der Waals surface area (Å²) in [5.41, 5.74) is 1.38. The maximum Gasteiger partial charge on any atom is 0.123 e. The monoisotopic (exact) mass is 231 g/mol. The van der Waals surface area contributed by atoms with Crippen molar-refractivity contribution in [3.63, 3.8) is 0 Å². The highest BCUT2D eigenvalue weighted by Crippen LogP contribution is 2.30. The van der Waals surface area contributed by atoms with Crippen molar-refractivity contribution < 1.29 is 4.74 Å². The Hall–Kier alpha value is -1.02. The van der Waals surface area contributed by atoms with Crippen LogP contribution in [0.25, 0.3) is 0 Å². The van der Waals surface area contributed by atoms with Crippen molar-refractivity contribution in [3.05, 3.63) is 29.8 Å². The molecule has 1 aromatic rings. The van der Waals surface area contributed by atoms with E-state index in [1.165, 1.54) is 37.9 Å². The number of hydrogen-bond donors (Lipinski definition) is 0. The van der Waals surface area contributed by atoms with Crippen molar-refractivity contribution in [1.82, 2.24) is 4.90 Å². The van der Waals surface area contributed by atoms with Gasteiger partial charge in [0.15, 0.2) is 0 Å². The van der Waals surface area contributed by atoms with Gasteiger partial charge in [-0.3, -0.25) is 4.90 Å². The third-order valence-electron chi connectivity index (χ3n) is 4.12. The summed E-state index contributed by atoms with van der Waals surface area (Å²) in [6, 6.07) is 9.06. The fourth-order valence-corrected chi connectivity index (χ4v) is 3.13. The number of nitrogens with zero attached hydrogens (tertiary/aromatic N) is 1. The third kappa shape index (κ3) is 2.19. The number of piperidine rings is 1. The standard InChI is InChI=1S/C15H21NO/c1-12-14(16-9-5-2-6-10-16)11-13-7-3-4-8-15(13)17-12/h3-4,7-8,12,14H,2,5-6,9-11H2,1H3. The molecule has 1 saturated heterocycles. The first-order valence-corrected chi connectivity index (χ1v) is 6.83. The Balaban J connectivity index is 1.79. The van der Waals surface area contributed by atoms with Crippen LogP contribution < -0.4 is 4.74 Å². The summed E-state index contributed by atoms with van der Waals surface area (Å²) in [4.78, 5) is 2.63. The highest BCUT2D eigenvalue weighted by atomic mass is 16.5. The molecule has 0 amide bonds. The van der Waals surface area contributed by atoms with E-state index >= 15 is 0 Å². The van der Waals surface area contributed by atoms with Gasteiger partial charge in [-0.05, 0) is 50.9 Å². The molecule has 0 spiro atoms. The van der Waals surface area contributed by atoms with Gasteiger partial charge in [0.2, 0.25) is 0 Å². The predicted octanol–water partition coefficient (Wildman–Crippen LogP) is 2.86. The Bertz CT molecular complexity index is 384. The molecular formula is C15H21NO. The molecule has 2 aliphatic rings. The second kappa shape index (κ2) is 4.69. The zero-order chi connectivity index (χ0) is 11.7. The topological polar surface area (TPSA) is 12.5 Å². The molecule has 92 valence electrons. The molecule has 2 heteroatoms. The Kier molecular flexibility index (Phi) is 3.06. The highest BCUT2D eigenvalue weighted by molar-refractivity contribution is 5.36. The minimum absolute atomic E-state index is 0.322. The van der Waals surface area contributed by atoms with Gasteiger partial charge in [-0.15, -0.1) is 0 Å². The molecule has 17 heavy (non-hydrogen) atoms. The van der Waals surface area contributed by atoms with Crippen molar-refractivity contribution >= 4 is 0 Å². The quantitative estimate of drug-likeness (QED) is 0.737. The summed E-state index contributed by atoms with van der Waals surface area (Å²) >= 11 is 0. The van der Waals surface area contributed by atoms with Crippen molar-refractivity contribution in [3.8, 4) is 5.75 Å². The molecule has 0 aromatic heterocycles. The summed E-state index contributed by atoms with van der Waals surface area (Å²) in [5.74, 6) is 1.09. The van der Waals surface area contributed by atoms with E-state index in [0.29, 0.717) is 12.1 Å². The van der Waals surface area contributed by atoms with Gasteiger partial charge in [-0.2, -0.15) is 0 Å². The molecule has 1 aromatic carbocycles. The normalized spacial score (nSPS) is 29.5. The average molecular weight is 231 g/mol. The van der Waals surface area contributed by atoms with E-state index in [2.05, 4.69) is 36.1 Å². The van der Waals surface area contributed by atoms with Crippen molar-refractivity contribution in [2.45, 2.75) is 44.8 Å². The van der Waals surface area contributed by atoms with Crippen LogP contribution in [-0.4, -0.2) is 30.1 Å². The Labute approximate surface area is 104 Å². The Morgan fingerprint density at radius 2 is 1.88 bits per heavy atom. The lowest BCUT2D eigenvalue weighted by atomic mass is 9.95. The van der Waals surface area contributed by atoms with E-state index in [1.54, 1.807) is 0 Å². The average Bonchev–Trinajstić information content (AvgIpc) is 2.39. The smallest absolute Gasteiger partial charge is 0.123 e. The lowest BCUT2D eigenvalue weighted by Crippen LogP contribution is -2.50. The number of ether oxygens (including phenoxy) is 1. The fraction of sp³-hybridized carbons (Fsp3) is 0.600. The van der Waals surface area contributed by atoms with Crippen molar-refractivity contribution in [2.75, 3.05) is 13.1 Å². The summed E-state index contributed by atoms with van der Waals surface area (Å²) < 4.78 is 6.06. The zero-order valence-electron chi connectivity index (χ0n) is 10.6. The van der Waals surface area contributed by atoms with Crippen LogP contribution in [0.15, 0.2) is 24.3 Å². The number of hydrogen-bond acceptors (Lipinski definition) is 2. The molecule has 2 heterocycles. The molecule has 0 bridgehead atoms. The van der Waals surface area contributed by atoms with Crippen molar-refractivity contribution in [1.29, 1.82) is 0 Å². The zero-order valence-corrected chi connectivity index (χ0v) is 10.6. The van der Waals surface area contributed by atoms with Gasteiger partial charge < -0.3 is 4.74 Å². The first-order chi connectivity index (χ1) is 8.34. The van der Waals surface area contributed by atoms with E-state index in [1.807, 2.05) is 0 Å². The van der Waals surface area contributed by atoms with Gasteiger partial charge in [-0.1, -0.05) is 24.6 Å². The first-order valence-electron chi connectivity index (χ1n) is 6.83. The number of fused-ring (bicyclic) bond motifs is 1. The van der Waals surface area contributed by atoms with E-state index in [-0.39, 0.29) is 0 Å². The third-order valence-corrected chi connectivity index (χ3v) is 4.12. The van der Waals surface area contributed by atoms with Gasteiger partial charge in [-0.25, -0.2) is 0 Å². The Morgan fingerprint density at radius 3 is 2.71 bits per heavy atom. The van der Waals surface area contributed by atoms with Crippen LogP contribution in [0.2, 0.25) is 0 Å². The van der Waals surface area contributed by atoms with Gasteiger partial charge >= 0.3 is 0 Å². The second-order valence-corrected chi connectivity index (χ2v) is 5.30. The van der Waals surface area contributed by atoms with E-state index in [4.69, 9.17) is 4.74 Å². The maximum atomic E-state index is 6.06. The van der Waals surface area contributed by atoms with E-state index in [0.717, 1.165) is 12.2 Å². The van der Waals surface area contributed by atoms with Crippen LogP contribution in [0.1, 0.15) is 31.7 Å². The maximum absolute atomic E-state index is 6.06. The van der Waals surface area contributed by atoms with E-state index in [9.17, 15) is 0 Å². The molecule has 1 fully saturated rings. The minimum Gasteiger partial charge on any atom is -0.489 e. The molecule has 0 saturated carbocycles. The summed E-state index contributed by atoms with van der Waals surface area (Å²) in [6.07, 6.45) is 5.57. The summed E-state index contributed by atoms with van der Waals surface area (Å²) in [6.45, 7) is 4.72. The lowest BCUT2D eigenvalue weighted by Gasteiger charge is -2.41. The molecule has 2 aliphatic heterocycles. The molecule has 2 atom stereocenters. The van der Waals surface area contributed by atoms with Gasteiger partial charge in [0, 0.05) is 0 Å². The van der Waals surface area contributed by atoms with Crippen LogP contribution in [0.3, 0.4) is 0 Å². The van der Waals surface area contributed by atoms with E-state index < -0.39 is 0 Å². The number of para-hydroxylation sites is 1. The van der Waals surface area contributed by atoms with Gasteiger partial charge in [0.1, 0.15) is 11.9 Å². The van der Waals surface area contributed by atoms with Crippen LogP contribution in [-0.2, 0) is 6.42 Å². The number of rotatable bonds is 1. The molecule has 2 nitrogen and oxygen atoms in total. The SMILES string of the molecule is CC1Oc2ccccc2CC1N1CCCCC1. The van der Waals surface area contributed by atoms with Gasteiger partial charge in [0.25, 0.3) is 0 Å². The van der Waals surface area contributed by atoms with Gasteiger partial charge in [0.05, 0.1) is 6.04 Å². The molecule has 0 aliphatic carbocycles. The Morgan fingerprint density at radius 1 is 1.12 bits per heavy atom. The highest BCUT2D eigenvalue weighted by Gasteiger charge is 2.31. The summed E-state index contributed by atoms with van der Waals surface area (Å²) in [5, 5.41) is 0. The van der Waals surface area contributed by atoms with Crippen LogP contribution in [0.4, 0.5) is 0 Å². The molecule has 3 rings (SSSR count). The lowest BCUT2D eigenvalue weighted by molar-refractivity contribution is 0.0501. The fourth-order valence-electron chi connectivity index (χ4n) is 3.13. The predicted molar refractivity (Wildman–Crippen MR) is 69.4 cm³/mol. The first kappa shape index (κ1) is 11.1. The minimum atomic E-state index is 0.322. The van der Waals surface area contributed by atoms with Crippen LogP contribution >= 0.6 is 0 Å². The molecular weight excluding hydrogens is 210 g/mol.